The lowest BCUT2D eigenvalue weighted by molar-refractivity contribution is -0.00635. The predicted molar refractivity (Wildman–Crippen MR) is 54.8 cm³/mol. The van der Waals surface area contributed by atoms with Gasteiger partial charge in [-0.2, -0.15) is 0 Å². The fraction of sp³-hybridized carbons (Fsp3) is 0.818. The average Bonchev–Trinajstić information content (AvgIpc) is 2.07. The molecule has 0 bridgehead atoms. The minimum atomic E-state index is -0.734. The molecule has 0 saturated carbocycles. The summed E-state index contributed by atoms with van der Waals surface area (Å²) in [5.74, 6) is 0.111. The lowest BCUT2D eigenvalue weighted by atomic mass is 9.78. The van der Waals surface area contributed by atoms with E-state index in [1.54, 1.807) is 13.8 Å². The lowest BCUT2D eigenvalue weighted by Gasteiger charge is -2.34. The second kappa shape index (κ2) is 4.43. The Morgan fingerprint density at radius 2 is 2.14 bits per heavy atom. The molecule has 0 radical (unpaired) electrons. The predicted octanol–water partition coefficient (Wildman–Crippen LogP) is 0.837. The molecule has 0 aliphatic heterocycles. The third-order valence-electron chi connectivity index (χ3n) is 3.00. The third kappa shape index (κ3) is 2.80. The third-order valence-corrected chi connectivity index (χ3v) is 3.00. The highest BCUT2D eigenvalue weighted by Gasteiger charge is 2.31. The van der Waals surface area contributed by atoms with Crippen LogP contribution in [0.2, 0.25) is 0 Å². The van der Waals surface area contributed by atoms with Crippen molar-refractivity contribution in [2.45, 2.75) is 44.8 Å². The van der Waals surface area contributed by atoms with Crippen LogP contribution in [0.3, 0.4) is 0 Å². The number of allylic oxidation sites excluding steroid dienone is 1. The van der Waals surface area contributed by atoms with Crippen LogP contribution in [-0.2, 0) is 0 Å². The topological polar surface area (TPSA) is 60.7 Å². The molecule has 0 aromatic carbocycles. The molecular formula is C11H20O3. The maximum Gasteiger partial charge on any atom is 0.0754 e. The Balaban J connectivity index is 2.62. The summed E-state index contributed by atoms with van der Waals surface area (Å²) in [7, 11) is 0. The molecule has 0 aromatic heterocycles. The highest BCUT2D eigenvalue weighted by Crippen LogP contribution is 2.32. The summed E-state index contributed by atoms with van der Waals surface area (Å²) >= 11 is 0. The second-order valence-electron chi connectivity index (χ2n) is 4.59. The molecule has 0 amide bonds. The molecule has 0 spiro atoms. The maximum atomic E-state index is 9.79. The van der Waals surface area contributed by atoms with E-state index in [1.807, 2.05) is 6.08 Å². The molecule has 0 aromatic rings. The highest BCUT2D eigenvalue weighted by molar-refractivity contribution is 5.13. The van der Waals surface area contributed by atoms with Crippen LogP contribution >= 0.6 is 0 Å². The van der Waals surface area contributed by atoms with Crippen molar-refractivity contribution in [1.82, 2.24) is 0 Å². The van der Waals surface area contributed by atoms with Crippen molar-refractivity contribution < 1.29 is 15.3 Å². The standard InChI is InChI=1S/C11H20O3/c1-11(2,14)9-4-3-8(5-6-12)10(13)7-9/h3,9-10,12-14H,4-7H2,1-2H3. The molecule has 0 saturated heterocycles. The van der Waals surface area contributed by atoms with Crippen molar-refractivity contribution in [1.29, 1.82) is 0 Å². The summed E-state index contributed by atoms with van der Waals surface area (Å²) in [5.41, 5.74) is 0.176. The van der Waals surface area contributed by atoms with Gasteiger partial charge >= 0.3 is 0 Å². The summed E-state index contributed by atoms with van der Waals surface area (Å²) in [5, 5.41) is 28.3. The summed E-state index contributed by atoms with van der Waals surface area (Å²) < 4.78 is 0. The first-order valence-electron chi connectivity index (χ1n) is 5.15. The summed E-state index contributed by atoms with van der Waals surface area (Å²) in [6.45, 7) is 3.63. The van der Waals surface area contributed by atoms with E-state index in [9.17, 15) is 10.2 Å². The van der Waals surface area contributed by atoms with Gasteiger partial charge in [0.15, 0.2) is 0 Å². The van der Waals surface area contributed by atoms with Gasteiger partial charge in [-0.3, -0.25) is 0 Å². The maximum absolute atomic E-state index is 9.79. The fourth-order valence-electron chi connectivity index (χ4n) is 1.92. The number of hydrogen-bond acceptors (Lipinski definition) is 3. The monoisotopic (exact) mass is 200 g/mol. The Morgan fingerprint density at radius 3 is 2.57 bits per heavy atom. The molecular weight excluding hydrogens is 180 g/mol. The van der Waals surface area contributed by atoms with E-state index in [-0.39, 0.29) is 12.5 Å². The van der Waals surface area contributed by atoms with Crippen molar-refractivity contribution in [3.8, 4) is 0 Å². The van der Waals surface area contributed by atoms with Crippen molar-refractivity contribution in [2.24, 2.45) is 5.92 Å². The smallest absolute Gasteiger partial charge is 0.0754 e. The highest BCUT2D eigenvalue weighted by atomic mass is 16.3. The number of aliphatic hydroxyl groups excluding tert-OH is 2. The molecule has 3 heteroatoms. The normalized spacial score (nSPS) is 28.8. The Hall–Kier alpha value is -0.380. The summed E-state index contributed by atoms with van der Waals surface area (Å²) in [4.78, 5) is 0. The minimum absolute atomic E-state index is 0.0794. The first-order valence-corrected chi connectivity index (χ1v) is 5.15. The van der Waals surface area contributed by atoms with Crippen LogP contribution < -0.4 is 0 Å². The van der Waals surface area contributed by atoms with E-state index in [2.05, 4.69) is 0 Å². The number of rotatable bonds is 3. The van der Waals surface area contributed by atoms with Gasteiger partial charge in [0.2, 0.25) is 0 Å². The molecule has 82 valence electrons. The zero-order chi connectivity index (χ0) is 10.8. The van der Waals surface area contributed by atoms with Gasteiger partial charge in [-0.25, -0.2) is 0 Å². The van der Waals surface area contributed by atoms with Crippen LogP contribution in [-0.4, -0.2) is 33.6 Å². The van der Waals surface area contributed by atoms with Crippen LogP contribution in [0, 0.1) is 5.92 Å². The molecule has 2 atom stereocenters. The Kier molecular flexibility index (Phi) is 3.70. The van der Waals surface area contributed by atoms with Crippen molar-refractivity contribution in [3.05, 3.63) is 11.6 Å². The zero-order valence-electron chi connectivity index (χ0n) is 8.90. The molecule has 0 fully saturated rings. The van der Waals surface area contributed by atoms with E-state index in [0.717, 1.165) is 12.0 Å². The minimum Gasteiger partial charge on any atom is -0.396 e. The van der Waals surface area contributed by atoms with Gasteiger partial charge in [0.25, 0.3) is 0 Å². The molecule has 0 heterocycles. The number of hydrogen-bond donors (Lipinski definition) is 3. The van der Waals surface area contributed by atoms with Crippen LogP contribution in [0.4, 0.5) is 0 Å². The van der Waals surface area contributed by atoms with Crippen LogP contribution in [0.25, 0.3) is 0 Å². The number of aliphatic hydroxyl groups is 3. The second-order valence-corrected chi connectivity index (χ2v) is 4.59. The van der Waals surface area contributed by atoms with E-state index in [0.29, 0.717) is 12.8 Å². The van der Waals surface area contributed by atoms with Gasteiger partial charge in [0, 0.05) is 6.61 Å². The summed E-state index contributed by atoms with van der Waals surface area (Å²) in [6, 6.07) is 0. The zero-order valence-corrected chi connectivity index (χ0v) is 8.90. The SMILES string of the molecule is CC(C)(O)C1CC=C(CCO)C(O)C1. The molecule has 2 unspecified atom stereocenters. The molecule has 3 N–H and O–H groups in total. The Labute approximate surface area is 85.1 Å². The van der Waals surface area contributed by atoms with Gasteiger partial charge < -0.3 is 15.3 Å². The van der Waals surface area contributed by atoms with E-state index in [1.165, 1.54) is 0 Å². The van der Waals surface area contributed by atoms with E-state index >= 15 is 0 Å². The van der Waals surface area contributed by atoms with Gasteiger partial charge in [-0.15, -0.1) is 0 Å². The van der Waals surface area contributed by atoms with Crippen LogP contribution in [0.5, 0.6) is 0 Å². The lowest BCUT2D eigenvalue weighted by Crippen LogP contribution is -2.36. The van der Waals surface area contributed by atoms with E-state index in [4.69, 9.17) is 5.11 Å². The van der Waals surface area contributed by atoms with Crippen LogP contribution in [0.1, 0.15) is 33.1 Å². The van der Waals surface area contributed by atoms with Gasteiger partial charge in [0.1, 0.15) is 0 Å². The first-order chi connectivity index (χ1) is 6.45. The Morgan fingerprint density at radius 1 is 1.50 bits per heavy atom. The largest absolute Gasteiger partial charge is 0.396 e. The molecule has 1 rings (SSSR count). The summed E-state index contributed by atoms with van der Waals surface area (Å²) in [6.07, 6.45) is 3.38. The molecule has 1 aliphatic carbocycles. The first kappa shape index (κ1) is 11.7. The van der Waals surface area contributed by atoms with Gasteiger partial charge in [-0.05, 0) is 44.6 Å². The average molecular weight is 200 g/mol. The van der Waals surface area contributed by atoms with Crippen LogP contribution in [0.15, 0.2) is 11.6 Å². The molecule has 3 nitrogen and oxygen atoms in total. The van der Waals surface area contributed by atoms with Crippen molar-refractivity contribution in [2.75, 3.05) is 6.61 Å². The van der Waals surface area contributed by atoms with Gasteiger partial charge in [-0.1, -0.05) is 6.08 Å². The molecule has 14 heavy (non-hydrogen) atoms. The Bertz CT molecular complexity index is 215. The molecule has 1 aliphatic rings. The van der Waals surface area contributed by atoms with E-state index < -0.39 is 11.7 Å². The van der Waals surface area contributed by atoms with Crippen molar-refractivity contribution >= 4 is 0 Å². The fourth-order valence-corrected chi connectivity index (χ4v) is 1.92. The van der Waals surface area contributed by atoms with Gasteiger partial charge in [0.05, 0.1) is 11.7 Å². The quantitative estimate of drug-likeness (QED) is 0.592. The van der Waals surface area contributed by atoms with Crippen molar-refractivity contribution in [3.63, 3.8) is 0 Å².